The van der Waals surface area contributed by atoms with Crippen molar-refractivity contribution in [1.82, 2.24) is 4.90 Å². The summed E-state index contributed by atoms with van der Waals surface area (Å²) in [7, 11) is 0. The number of rotatable bonds is 2. The molecule has 1 fully saturated rings. The van der Waals surface area contributed by atoms with Gasteiger partial charge < -0.3 is 9.84 Å². The van der Waals surface area contributed by atoms with E-state index in [1.165, 1.54) is 0 Å². The Bertz CT molecular complexity index is 838. The van der Waals surface area contributed by atoms with E-state index in [0.29, 0.717) is 4.90 Å². The molecule has 1 amide bonds. The number of likely N-dealkylation sites (tertiary alicyclic amines) is 1. The van der Waals surface area contributed by atoms with Crippen LogP contribution in [0.4, 0.5) is 18.0 Å². The lowest BCUT2D eigenvalue weighted by Crippen LogP contribution is -2.54. The summed E-state index contributed by atoms with van der Waals surface area (Å²) in [6, 6.07) is 13.5. The normalized spacial score (nSPS) is 21.9. The van der Waals surface area contributed by atoms with Crippen LogP contribution in [-0.2, 0) is 4.74 Å². The Balaban J connectivity index is 1.52. The third kappa shape index (κ3) is 3.35. The number of hydrogen-bond acceptors (Lipinski definition) is 3. The topological polar surface area (TPSA) is 49.8 Å². The van der Waals surface area contributed by atoms with Crippen molar-refractivity contribution in [3.63, 3.8) is 0 Å². The second-order valence-corrected chi connectivity index (χ2v) is 7.23. The van der Waals surface area contributed by atoms with Crippen LogP contribution in [0.1, 0.15) is 29.9 Å². The molecule has 1 N–H and O–H groups in total. The fraction of sp³-hybridized carbons (Fsp3) is 0.381. The molecule has 1 aliphatic heterocycles. The molecule has 1 heterocycles. The van der Waals surface area contributed by atoms with Gasteiger partial charge in [0.15, 0.2) is 0 Å². The summed E-state index contributed by atoms with van der Waals surface area (Å²) < 4.78 is 45.2. The van der Waals surface area contributed by atoms with E-state index in [1.807, 2.05) is 48.5 Å². The van der Waals surface area contributed by atoms with Crippen LogP contribution >= 0.6 is 0 Å². The molecule has 4 rings (SSSR count). The van der Waals surface area contributed by atoms with E-state index in [-0.39, 0.29) is 25.5 Å². The number of aliphatic hydroxyl groups is 1. The predicted octanol–water partition coefficient (Wildman–Crippen LogP) is 4.32. The molecule has 2 aromatic rings. The fourth-order valence-electron chi connectivity index (χ4n) is 4.15. The van der Waals surface area contributed by atoms with Gasteiger partial charge >= 0.3 is 12.3 Å². The first kappa shape index (κ1) is 18.8. The third-order valence-corrected chi connectivity index (χ3v) is 5.52. The highest BCUT2D eigenvalue weighted by Crippen LogP contribution is 2.44. The molecule has 2 aliphatic rings. The molecule has 1 aliphatic carbocycles. The molecule has 28 heavy (non-hydrogen) atoms. The molecule has 0 bridgehead atoms. The number of halogens is 3. The van der Waals surface area contributed by atoms with Crippen molar-refractivity contribution in [1.29, 1.82) is 0 Å². The highest BCUT2D eigenvalue weighted by atomic mass is 19.4. The number of hydrogen-bond donors (Lipinski definition) is 1. The van der Waals surface area contributed by atoms with Crippen molar-refractivity contribution < 1.29 is 27.8 Å². The van der Waals surface area contributed by atoms with Gasteiger partial charge in [-0.2, -0.15) is 13.2 Å². The second-order valence-electron chi connectivity index (χ2n) is 7.23. The Labute approximate surface area is 160 Å². The minimum absolute atomic E-state index is 0.0313. The summed E-state index contributed by atoms with van der Waals surface area (Å²) in [5.74, 6) is -0.212. The Hall–Kier alpha value is -2.54. The number of nitrogens with zero attached hydrogens (tertiary/aromatic N) is 1. The van der Waals surface area contributed by atoms with Gasteiger partial charge in [0, 0.05) is 18.9 Å². The van der Waals surface area contributed by atoms with E-state index in [9.17, 15) is 23.1 Å². The highest BCUT2D eigenvalue weighted by molar-refractivity contribution is 5.79. The molecule has 4 nitrogen and oxygen atoms in total. The summed E-state index contributed by atoms with van der Waals surface area (Å²) in [5.41, 5.74) is 4.10. The number of amides is 1. The van der Waals surface area contributed by atoms with Gasteiger partial charge in [0.1, 0.15) is 12.6 Å². The smallest absolute Gasteiger partial charge is 0.410 e. The van der Waals surface area contributed by atoms with Crippen molar-refractivity contribution in [3.8, 4) is 11.1 Å². The summed E-state index contributed by atoms with van der Waals surface area (Å²) in [6.45, 7) is -0.210. The number of piperidine rings is 1. The Kier molecular flexibility index (Phi) is 4.79. The standard InChI is InChI=1S/C21H20F3NO3/c22-21(23,24)19-11-13(26)9-10-25(19)20(27)28-12-18-16-7-3-1-5-14(16)15-6-2-4-8-17(15)18/h1-8,13,18-19,26H,9-12H2. The van der Waals surface area contributed by atoms with Crippen LogP contribution in [0.25, 0.3) is 11.1 Å². The largest absolute Gasteiger partial charge is 0.448 e. The molecule has 7 heteroatoms. The minimum atomic E-state index is -4.60. The zero-order chi connectivity index (χ0) is 19.9. The van der Waals surface area contributed by atoms with Gasteiger partial charge in [-0.3, -0.25) is 4.90 Å². The maximum atomic E-state index is 13.3. The van der Waals surface area contributed by atoms with Crippen molar-refractivity contribution in [2.45, 2.75) is 37.1 Å². The Morgan fingerprint density at radius 2 is 1.64 bits per heavy atom. The van der Waals surface area contributed by atoms with E-state index in [1.54, 1.807) is 0 Å². The van der Waals surface area contributed by atoms with Crippen LogP contribution in [0.3, 0.4) is 0 Å². The van der Waals surface area contributed by atoms with Gasteiger partial charge in [-0.05, 0) is 28.7 Å². The Morgan fingerprint density at radius 3 is 2.21 bits per heavy atom. The zero-order valence-corrected chi connectivity index (χ0v) is 15.0. The van der Waals surface area contributed by atoms with Crippen LogP contribution in [0.15, 0.2) is 48.5 Å². The van der Waals surface area contributed by atoms with Gasteiger partial charge in [-0.15, -0.1) is 0 Å². The lowest BCUT2D eigenvalue weighted by Gasteiger charge is -2.38. The third-order valence-electron chi connectivity index (χ3n) is 5.52. The summed E-state index contributed by atoms with van der Waals surface area (Å²) in [5, 5.41) is 9.58. The molecule has 2 unspecified atom stereocenters. The van der Waals surface area contributed by atoms with Crippen LogP contribution < -0.4 is 0 Å². The summed E-state index contributed by atoms with van der Waals surface area (Å²) in [4.78, 5) is 13.2. The molecule has 0 saturated carbocycles. The van der Waals surface area contributed by atoms with Crippen molar-refractivity contribution in [2.24, 2.45) is 0 Å². The molecular formula is C21H20F3NO3. The fourth-order valence-corrected chi connectivity index (χ4v) is 4.15. The zero-order valence-electron chi connectivity index (χ0n) is 15.0. The molecule has 148 valence electrons. The predicted molar refractivity (Wildman–Crippen MR) is 96.9 cm³/mol. The maximum Gasteiger partial charge on any atom is 0.410 e. The van der Waals surface area contributed by atoms with Crippen LogP contribution in [-0.4, -0.2) is 47.6 Å². The van der Waals surface area contributed by atoms with E-state index in [4.69, 9.17) is 4.74 Å². The van der Waals surface area contributed by atoms with Crippen molar-refractivity contribution >= 4 is 6.09 Å². The number of benzene rings is 2. The molecule has 0 aromatic heterocycles. The first-order valence-corrected chi connectivity index (χ1v) is 9.22. The monoisotopic (exact) mass is 391 g/mol. The SMILES string of the molecule is O=C(OCC1c2ccccc2-c2ccccc21)N1CCC(O)CC1C(F)(F)F. The van der Waals surface area contributed by atoms with Gasteiger partial charge in [0.25, 0.3) is 0 Å². The van der Waals surface area contributed by atoms with E-state index in [2.05, 4.69) is 0 Å². The number of ether oxygens (including phenoxy) is 1. The quantitative estimate of drug-likeness (QED) is 0.829. The average Bonchev–Trinajstić information content (AvgIpc) is 2.99. The van der Waals surface area contributed by atoms with Crippen LogP contribution in [0, 0.1) is 0 Å². The van der Waals surface area contributed by atoms with Gasteiger partial charge in [0.2, 0.25) is 0 Å². The van der Waals surface area contributed by atoms with Gasteiger partial charge in [-0.1, -0.05) is 48.5 Å². The molecule has 0 spiro atoms. The molecule has 0 radical (unpaired) electrons. The second kappa shape index (κ2) is 7.13. The van der Waals surface area contributed by atoms with Crippen LogP contribution in [0.2, 0.25) is 0 Å². The summed E-state index contributed by atoms with van der Waals surface area (Å²) in [6.07, 6.45) is -7.07. The lowest BCUT2D eigenvalue weighted by molar-refractivity contribution is -0.194. The minimum Gasteiger partial charge on any atom is -0.448 e. The van der Waals surface area contributed by atoms with Crippen molar-refractivity contribution in [3.05, 3.63) is 59.7 Å². The summed E-state index contributed by atoms with van der Waals surface area (Å²) >= 11 is 0. The van der Waals surface area contributed by atoms with E-state index < -0.39 is 30.8 Å². The van der Waals surface area contributed by atoms with E-state index >= 15 is 0 Å². The molecular weight excluding hydrogens is 371 g/mol. The average molecular weight is 391 g/mol. The number of carbonyl (C=O) groups is 1. The van der Waals surface area contributed by atoms with E-state index in [0.717, 1.165) is 22.3 Å². The molecule has 2 aromatic carbocycles. The Morgan fingerprint density at radius 1 is 1.07 bits per heavy atom. The first-order chi connectivity index (χ1) is 13.4. The molecule has 1 saturated heterocycles. The van der Waals surface area contributed by atoms with Gasteiger partial charge in [0.05, 0.1) is 6.10 Å². The van der Waals surface area contributed by atoms with Gasteiger partial charge in [-0.25, -0.2) is 4.79 Å². The number of carbonyl (C=O) groups excluding carboxylic acids is 1. The van der Waals surface area contributed by atoms with Crippen LogP contribution in [0.5, 0.6) is 0 Å². The number of alkyl halides is 3. The number of aliphatic hydroxyl groups excluding tert-OH is 1. The van der Waals surface area contributed by atoms with Crippen molar-refractivity contribution in [2.75, 3.05) is 13.2 Å². The lowest BCUT2D eigenvalue weighted by atomic mass is 9.98. The molecule has 2 atom stereocenters. The first-order valence-electron chi connectivity index (χ1n) is 9.22. The maximum absolute atomic E-state index is 13.3. The highest BCUT2D eigenvalue weighted by Gasteiger charge is 2.49. The number of fused-ring (bicyclic) bond motifs is 3.